The van der Waals surface area contributed by atoms with E-state index in [4.69, 9.17) is 0 Å². The summed E-state index contributed by atoms with van der Waals surface area (Å²) in [7, 11) is 0. The minimum absolute atomic E-state index is 1.45. The largest absolute Gasteiger partial charge is 0.141 e. The van der Waals surface area contributed by atoms with Gasteiger partial charge in [0.1, 0.15) is 0 Å². The van der Waals surface area contributed by atoms with E-state index in [1.54, 1.807) is 0 Å². The van der Waals surface area contributed by atoms with E-state index in [2.05, 4.69) is 22.9 Å². The maximum Gasteiger partial charge on any atom is 0.0651 e. The van der Waals surface area contributed by atoms with Crippen LogP contribution in [0.2, 0.25) is 0 Å². The van der Waals surface area contributed by atoms with Gasteiger partial charge < -0.3 is 0 Å². The van der Waals surface area contributed by atoms with Crippen LogP contribution >= 0.6 is 68.0 Å². The molecule has 6 rings (SSSR count). The Balaban J connectivity index is 1.93. The summed E-state index contributed by atoms with van der Waals surface area (Å²) in [6.07, 6.45) is 0. The highest BCUT2D eigenvalue weighted by molar-refractivity contribution is 7.50. The third kappa shape index (κ3) is 1.18. The Morgan fingerprint density at radius 3 is 1.35 bits per heavy atom. The third-order valence-electron chi connectivity index (χ3n) is 3.53. The molecule has 0 fully saturated rings. The van der Waals surface area contributed by atoms with Gasteiger partial charge in [-0.15, -0.1) is 68.0 Å². The SMILES string of the molecule is c1cc2sc3c(sc4c5sc6ccsc6c5sc34)c2s1. The fourth-order valence-electron chi connectivity index (χ4n) is 2.69. The van der Waals surface area contributed by atoms with Crippen LogP contribution in [0.15, 0.2) is 22.9 Å². The van der Waals surface area contributed by atoms with Gasteiger partial charge >= 0.3 is 0 Å². The first-order chi connectivity index (χ1) is 9.90. The van der Waals surface area contributed by atoms with Crippen LogP contribution in [-0.4, -0.2) is 0 Å². The second-order valence-electron chi connectivity index (χ2n) is 4.61. The van der Waals surface area contributed by atoms with E-state index in [1.165, 1.54) is 47.0 Å². The van der Waals surface area contributed by atoms with E-state index < -0.39 is 0 Å². The first kappa shape index (κ1) is 11.1. The fourth-order valence-corrected chi connectivity index (χ4v) is 11.0. The van der Waals surface area contributed by atoms with Gasteiger partial charge in [0.05, 0.1) is 37.6 Å². The van der Waals surface area contributed by atoms with E-state index in [9.17, 15) is 0 Å². The lowest BCUT2D eigenvalue weighted by atomic mass is 10.4. The lowest BCUT2D eigenvalue weighted by molar-refractivity contribution is 2.26. The number of fused-ring (bicyclic) bond motifs is 9. The topological polar surface area (TPSA) is 0 Å². The second-order valence-corrected chi connectivity index (χ2v) is 10.6. The van der Waals surface area contributed by atoms with Gasteiger partial charge in [0, 0.05) is 9.40 Å². The Hall–Kier alpha value is -0.500. The van der Waals surface area contributed by atoms with Crippen LogP contribution in [-0.2, 0) is 0 Å². The van der Waals surface area contributed by atoms with Gasteiger partial charge in [0.15, 0.2) is 0 Å². The quantitative estimate of drug-likeness (QED) is 0.258. The second kappa shape index (κ2) is 3.63. The maximum atomic E-state index is 2.26. The molecule has 0 nitrogen and oxygen atoms in total. The van der Waals surface area contributed by atoms with Gasteiger partial charge in [-0.25, -0.2) is 0 Å². The summed E-state index contributed by atoms with van der Waals surface area (Å²) in [5, 5.41) is 4.43. The van der Waals surface area contributed by atoms with Crippen LogP contribution < -0.4 is 0 Å². The van der Waals surface area contributed by atoms with Crippen LogP contribution in [0.3, 0.4) is 0 Å². The molecule has 0 aromatic carbocycles. The molecule has 0 aliphatic heterocycles. The van der Waals surface area contributed by atoms with Gasteiger partial charge in [0.25, 0.3) is 0 Å². The number of hydrogen-bond acceptors (Lipinski definition) is 6. The van der Waals surface area contributed by atoms with Crippen molar-refractivity contribution in [3.05, 3.63) is 22.9 Å². The molecular formula is C14H4S6. The summed E-state index contributed by atoms with van der Waals surface area (Å²) in [5.74, 6) is 0. The molecule has 0 amide bonds. The van der Waals surface area contributed by atoms with Crippen molar-refractivity contribution in [2.45, 2.75) is 0 Å². The lowest BCUT2D eigenvalue weighted by Gasteiger charge is -1.77. The Kier molecular flexibility index (Phi) is 2.02. The Bertz CT molecular complexity index is 1150. The minimum Gasteiger partial charge on any atom is -0.141 e. The summed E-state index contributed by atoms with van der Waals surface area (Å²) in [6.45, 7) is 0. The van der Waals surface area contributed by atoms with Crippen LogP contribution in [0, 0.1) is 0 Å². The normalized spacial score (nSPS) is 13.0. The molecule has 0 saturated carbocycles. The van der Waals surface area contributed by atoms with Crippen LogP contribution in [0.25, 0.3) is 47.0 Å². The fraction of sp³-hybridized carbons (Fsp3) is 0. The van der Waals surface area contributed by atoms with Crippen molar-refractivity contribution in [3.63, 3.8) is 0 Å². The molecule has 0 spiro atoms. The average molecular weight is 365 g/mol. The maximum absolute atomic E-state index is 2.26. The van der Waals surface area contributed by atoms with E-state index in [1.807, 2.05) is 68.0 Å². The molecule has 0 aliphatic carbocycles. The van der Waals surface area contributed by atoms with Crippen molar-refractivity contribution < 1.29 is 0 Å². The van der Waals surface area contributed by atoms with Crippen molar-refractivity contribution in [1.29, 1.82) is 0 Å². The summed E-state index contributed by atoms with van der Waals surface area (Å²) >= 11 is 11.7. The van der Waals surface area contributed by atoms with Gasteiger partial charge in [-0.2, -0.15) is 0 Å². The highest BCUT2D eigenvalue weighted by atomic mass is 32.1. The molecular weight excluding hydrogens is 361 g/mol. The molecule has 0 radical (unpaired) electrons. The molecule has 0 bridgehead atoms. The summed E-state index contributed by atoms with van der Waals surface area (Å²) in [6, 6.07) is 4.52. The van der Waals surface area contributed by atoms with Crippen molar-refractivity contribution in [2.75, 3.05) is 0 Å². The molecule has 6 aromatic heterocycles. The van der Waals surface area contributed by atoms with Crippen molar-refractivity contribution in [3.8, 4) is 0 Å². The van der Waals surface area contributed by atoms with Gasteiger partial charge in [-0.3, -0.25) is 0 Å². The zero-order chi connectivity index (χ0) is 12.8. The zero-order valence-corrected chi connectivity index (χ0v) is 14.7. The average Bonchev–Trinajstić information content (AvgIpc) is 3.14. The van der Waals surface area contributed by atoms with E-state index >= 15 is 0 Å². The van der Waals surface area contributed by atoms with E-state index in [0.29, 0.717) is 0 Å². The Labute approximate surface area is 137 Å². The Morgan fingerprint density at radius 1 is 0.450 bits per heavy atom. The lowest BCUT2D eigenvalue weighted by Crippen LogP contribution is -1.44. The van der Waals surface area contributed by atoms with Crippen LogP contribution in [0.1, 0.15) is 0 Å². The monoisotopic (exact) mass is 364 g/mol. The van der Waals surface area contributed by atoms with Crippen molar-refractivity contribution in [2.24, 2.45) is 0 Å². The molecule has 0 unspecified atom stereocenters. The number of rotatable bonds is 0. The van der Waals surface area contributed by atoms with E-state index in [-0.39, 0.29) is 0 Å². The highest BCUT2D eigenvalue weighted by Gasteiger charge is 2.20. The van der Waals surface area contributed by atoms with Crippen molar-refractivity contribution >= 4 is 115 Å². The van der Waals surface area contributed by atoms with Gasteiger partial charge in [-0.05, 0) is 22.9 Å². The standard InChI is InChI=1S/C14H4S6/c1-3-15-7-5(1)17-11-9(7)19-14-12-10(20-13(11)14)8-6(18-12)2-4-16-8/h1-4H. The Morgan fingerprint density at radius 2 is 0.850 bits per heavy atom. The molecule has 6 heterocycles. The van der Waals surface area contributed by atoms with Crippen LogP contribution in [0.5, 0.6) is 0 Å². The predicted octanol–water partition coefficient (Wildman–Crippen LogP) is 7.82. The molecule has 0 aliphatic rings. The highest BCUT2D eigenvalue weighted by Crippen LogP contribution is 2.54. The first-order valence-electron chi connectivity index (χ1n) is 6.01. The molecule has 0 N–H and O–H groups in total. The summed E-state index contributed by atoms with van der Waals surface area (Å²) < 4.78 is 15.0. The molecule has 96 valence electrons. The van der Waals surface area contributed by atoms with E-state index in [0.717, 1.165) is 0 Å². The number of hydrogen-bond donors (Lipinski definition) is 0. The van der Waals surface area contributed by atoms with Gasteiger partial charge in [0.2, 0.25) is 0 Å². The molecule has 0 atom stereocenters. The number of thiophene rings is 6. The van der Waals surface area contributed by atoms with Gasteiger partial charge in [-0.1, -0.05) is 0 Å². The summed E-state index contributed by atoms with van der Waals surface area (Å²) in [4.78, 5) is 0. The van der Waals surface area contributed by atoms with Crippen molar-refractivity contribution in [1.82, 2.24) is 0 Å². The zero-order valence-electron chi connectivity index (χ0n) is 9.76. The molecule has 6 aromatic rings. The van der Waals surface area contributed by atoms with Crippen LogP contribution in [0.4, 0.5) is 0 Å². The first-order valence-corrected chi connectivity index (χ1v) is 11.0. The third-order valence-corrected chi connectivity index (χ3v) is 11.4. The molecule has 6 heteroatoms. The summed E-state index contributed by atoms with van der Waals surface area (Å²) in [5.41, 5.74) is 0. The molecule has 0 saturated heterocycles. The minimum atomic E-state index is 1.45. The smallest absolute Gasteiger partial charge is 0.0651 e. The predicted molar refractivity (Wildman–Crippen MR) is 101 cm³/mol. The molecule has 20 heavy (non-hydrogen) atoms.